The number of benzene rings is 2. The number of hydrogen-bond donors (Lipinski definition) is 4. The van der Waals surface area contributed by atoms with Gasteiger partial charge in [-0.2, -0.15) is 31.1 Å². The Morgan fingerprint density at radius 2 is 1.52 bits per heavy atom. The van der Waals surface area contributed by atoms with Crippen molar-refractivity contribution >= 4 is 45.0 Å². The minimum Gasteiger partial charge on any atom is -0.480 e. The molecule has 0 aliphatic carbocycles. The molecule has 1 saturated heterocycles. The number of nitrogens with one attached hydrogen (secondary N) is 3. The van der Waals surface area contributed by atoms with Gasteiger partial charge in [-0.15, -0.1) is 0 Å². The second kappa shape index (κ2) is 18.3. The Balaban J connectivity index is 0.000000464. The first-order valence-corrected chi connectivity index (χ1v) is 19.6. The summed E-state index contributed by atoms with van der Waals surface area (Å²) in [5.41, 5.74) is 5.09. The Morgan fingerprint density at radius 1 is 0.897 bits per heavy atom. The van der Waals surface area contributed by atoms with Gasteiger partial charge in [-0.3, -0.25) is 14.4 Å². The van der Waals surface area contributed by atoms with Gasteiger partial charge in [0, 0.05) is 43.4 Å². The van der Waals surface area contributed by atoms with Gasteiger partial charge in [0.25, 0.3) is 0 Å². The van der Waals surface area contributed by atoms with Crippen LogP contribution in [0.1, 0.15) is 48.9 Å². The molecule has 2 aromatic carbocycles. The first-order chi connectivity index (χ1) is 27.4. The molecule has 0 saturated carbocycles. The second-order valence-corrected chi connectivity index (χ2v) is 15.1. The first-order valence-electron chi connectivity index (χ1n) is 18.1. The summed E-state index contributed by atoms with van der Waals surface area (Å²) in [4.78, 5) is 47.5. The van der Waals surface area contributed by atoms with Crippen molar-refractivity contribution in [1.82, 2.24) is 19.7 Å². The van der Waals surface area contributed by atoms with Gasteiger partial charge >= 0.3 is 29.9 Å². The number of carbonyl (C=O) groups is 3. The fourth-order valence-electron chi connectivity index (χ4n) is 6.46. The van der Waals surface area contributed by atoms with E-state index >= 15 is 0 Å². The third-order valence-corrected chi connectivity index (χ3v) is 11.0. The minimum absolute atomic E-state index is 0.0118. The topological polar surface area (TPSA) is 184 Å². The number of aromatic nitrogens is 3. The van der Waals surface area contributed by atoms with Crippen LogP contribution in [-0.2, 0) is 37.2 Å². The Hall–Kier alpha value is -5.63. The lowest BCUT2D eigenvalue weighted by molar-refractivity contribution is -0.193. The molecule has 1 atom stereocenters. The smallest absolute Gasteiger partial charge is 0.458 e. The van der Waals surface area contributed by atoms with Gasteiger partial charge in [0.1, 0.15) is 29.8 Å². The number of carboxylic acids is 1. The predicted octanol–water partition coefficient (Wildman–Crippen LogP) is 5.94. The molecule has 2 aromatic heterocycles. The van der Waals surface area contributed by atoms with Crippen LogP contribution < -0.4 is 20.3 Å². The number of sulfonamides is 1. The van der Waals surface area contributed by atoms with Gasteiger partial charge in [-0.25, -0.2) is 23.4 Å². The molecule has 13 nitrogen and oxygen atoms in total. The molecule has 0 spiro atoms. The molecule has 0 bridgehead atoms. The molecule has 1 fully saturated rings. The number of nitrogens with zero attached hydrogens (tertiary/aromatic N) is 4. The number of ketones is 2. The molecular weight excluding hydrogens is 797 g/mol. The summed E-state index contributed by atoms with van der Waals surface area (Å²) in [6, 6.07) is 18.9. The molecule has 58 heavy (non-hydrogen) atoms. The Bertz CT molecular complexity index is 2180. The SMILES string of the molecule is CCc1c(NC[C@H](NS(=O)(=O)c2ccc(-c3ccccc3)cc2)C(=O)O)ncnc1N1CCC(c2ccc3c(n2)NCCC3)CC1.O=C(C(=O)C(F)(F)F)C(F)(F)F. The number of piperidine rings is 1. The van der Waals surface area contributed by atoms with Crippen LogP contribution in [-0.4, -0.2) is 90.6 Å². The molecule has 4 N–H and O–H groups in total. The number of alkyl halides is 6. The number of hydrogen-bond acceptors (Lipinski definition) is 11. The van der Waals surface area contributed by atoms with Crippen molar-refractivity contribution in [1.29, 1.82) is 0 Å². The molecule has 4 heterocycles. The van der Waals surface area contributed by atoms with Crippen molar-refractivity contribution in [2.45, 2.75) is 68.2 Å². The van der Waals surface area contributed by atoms with Crippen LogP contribution in [0.3, 0.4) is 0 Å². The number of rotatable bonds is 12. The van der Waals surface area contributed by atoms with Gasteiger partial charge < -0.3 is 20.6 Å². The van der Waals surface area contributed by atoms with Gasteiger partial charge in [-0.05, 0) is 67.0 Å². The molecule has 6 rings (SSSR count). The van der Waals surface area contributed by atoms with E-state index in [1.54, 1.807) is 12.1 Å². The maximum atomic E-state index is 13.1. The van der Waals surface area contributed by atoms with E-state index in [1.807, 2.05) is 37.3 Å². The van der Waals surface area contributed by atoms with Crippen LogP contribution in [0.15, 0.2) is 78.0 Å². The molecule has 0 unspecified atom stereocenters. The van der Waals surface area contributed by atoms with Crippen molar-refractivity contribution < 1.29 is 54.3 Å². The maximum absolute atomic E-state index is 13.1. The number of anilines is 3. The number of aryl methyl sites for hydroxylation is 1. The van der Waals surface area contributed by atoms with Gasteiger partial charge in [0.2, 0.25) is 10.0 Å². The van der Waals surface area contributed by atoms with E-state index in [1.165, 1.54) is 24.0 Å². The zero-order chi connectivity index (χ0) is 42.3. The lowest BCUT2D eigenvalue weighted by atomic mass is 9.92. The average Bonchev–Trinajstić information content (AvgIpc) is 3.21. The Morgan fingerprint density at radius 3 is 2.10 bits per heavy atom. The number of carbonyl (C=O) groups excluding carboxylic acids is 2. The highest BCUT2D eigenvalue weighted by atomic mass is 32.2. The monoisotopic (exact) mass is 835 g/mol. The van der Waals surface area contributed by atoms with E-state index in [2.05, 4.69) is 42.4 Å². The summed E-state index contributed by atoms with van der Waals surface area (Å²) in [7, 11) is -4.10. The quantitative estimate of drug-likeness (QED) is 0.0976. The van der Waals surface area contributed by atoms with Crippen LogP contribution >= 0.6 is 0 Å². The number of Topliss-reactive ketones (excluding diaryl/α,β-unsaturated/α-hetero) is 2. The third-order valence-electron chi connectivity index (χ3n) is 9.47. The summed E-state index contributed by atoms with van der Waals surface area (Å²) in [5.74, 6) is -5.41. The molecule has 20 heteroatoms. The summed E-state index contributed by atoms with van der Waals surface area (Å²) >= 11 is 0. The van der Waals surface area contributed by atoms with Gasteiger partial charge in [0.15, 0.2) is 0 Å². The lowest BCUT2D eigenvalue weighted by Crippen LogP contribution is -2.45. The van der Waals surface area contributed by atoms with Crippen molar-refractivity contribution in [3.05, 3.63) is 89.9 Å². The summed E-state index contributed by atoms with van der Waals surface area (Å²) in [6.45, 7) is 4.39. The highest BCUT2D eigenvalue weighted by Gasteiger charge is 2.54. The van der Waals surface area contributed by atoms with E-state index in [9.17, 15) is 54.3 Å². The lowest BCUT2D eigenvalue weighted by Gasteiger charge is -2.34. The Labute approximate surface area is 329 Å². The highest BCUT2D eigenvalue weighted by Crippen LogP contribution is 2.34. The van der Waals surface area contributed by atoms with Crippen molar-refractivity contribution in [2.75, 3.05) is 41.7 Å². The molecule has 4 aromatic rings. The fraction of sp³-hybridized carbons (Fsp3) is 0.368. The molecular formula is C38H39F6N7O6S. The summed E-state index contributed by atoms with van der Waals surface area (Å²) in [6.07, 6.45) is -5.37. The zero-order valence-electron chi connectivity index (χ0n) is 30.9. The second-order valence-electron chi connectivity index (χ2n) is 13.4. The number of pyridine rings is 1. The zero-order valence-corrected chi connectivity index (χ0v) is 31.7. The number of halogens is 6. The normalized spacial score (nSPS) is 15.3. The minimum atomic E-state index is -5.77. The number of fused-ring (bicyclic) bond motifs is 1. The molecule has 2 aliphatic heterocycles. The van der Waals surface area contributed by atoms with Crippen LogP contribution in [0.25, 0.3) is 11.1 Å². The van der Waals surface area contributed by atoms with Gasteiger partial charge in [-0.1, -0.05) is 55.5 Å². The first kappa shape index (κ1) is 43.5. The van der Waals surface area contributed by atoms with E-state index in [0.29, 0.717) is 18.2 Å². The molecule has 2 aliphatic rings. The van der Waals surface area contributed by atoms with E-state index in [0.717, 1.165) is 79.3 Å². The largest absolute Gasteiger partial charge is 0.480 e. The van der Waals surface area contributed by atoms with Crippen molar-refractivity contribution in [3.8, 4) is 11.1 Å². The standard InChI is InChI=1S/C34H39N7O4S.C4F6O2/c1-2-28-32(36-21-30(34(42)43)40-46(44,45)27-13-10-24(11-14-27)23-7-4-3-5-8-23)37-22-38-33(28)41-19-16-25(17-20-41)29-15-12-26-9-6-18-35-31(26)39-29;5-3(6,7)1(11)2(12)4(8,9)10/h3-5,7-8,10-15,22,25,30,40H,2,6,9,16-21H2,1H3,(H,35,39)(H,42,43)(H,36,37,38);/t30-;/m0./s1. The van der Waals surface area contributed by atoms with E-state index in [-0.39, 0.29) is 11.4 Å². The van der Waals surface area contributed by atoms with Crippen LogP contribution in [0.2, 0.25) is 0 Å². The molecule has 0 amide bonds. The van der Waals surface area contributed by atoms with Gasteiger partial charge in [0.05, 0.1) is 4.90 Å². The van der Waals surface area contributed by atoms with Crippen molar-refractivity contribution in [2.24, 2.45) is 0 Å². The predicted molar refractivity (Wildman–Crippen MR) is 201 cm³/mol. The van der Waals surface area contributed by atoms with Crippen LogP contribution in [0.4, 0.5) is 43.8 Å². The van der Waals surface area contributed by atoms with E-state index < -0.39 is 46.0 Å². The maximum Gasteiger partial charge on any atom is 0.458 e. The van der Waals surface area contributed by atoms with Crippen molar-refractivity contribution in [3.63, 3.8) is 0 Å². The highest BCUT2D eigenvalue weighted by molar-refractivity contribution is 7.89. The molecule has 310 valence electrons. The third kappa shape index (κ3) is 10.9. The Kier molecular flexibility index (Phi) is 13.7. The molecule has 0 radical (unpaired) electrons. The van der Waals surface area contributed by atoms with Crippen LogP contribution in [0.5, 0.6) is 0 Å². The fourth-order valence-corrected chi connectivity index (χ4v) is 7.65. The summed E-state index contributed by atoms with van der Waals surface area (Å²) < 4.78 is 95.6. The van der Waals surface area contributed by atoms with E-state index in [4.69, 9.17) is 4.98 Å². The average molecular weight is 836 g/mol. The number of carboxylic acid groups (broad SMARTS) is 1. The summed E-state index contributed by atoms with van der Waals surface area (Å²) in [5, 5.41) is 16.4. The van der Waals surface area contributed by atoms with Crippen LogP contribution in [0, 0.1) is 0 Å². The number of aliphatic carboxylic acids is 1.